The van der Waals surface area contributed by atoms with Gasteiger partial charge in [-0.05, 0) is 83.5 Å². The van der Waals surface area contributed by atoms with E-state index in [1.807, 2.05) is 0 Å². The van der Waals surface area contributed by atoms with Gasteiger partial charge in [0, 0.05) is 12.8 Å². The first kappa shape index (κ1) is 62.3. The summed E-state index contributed by atoms with van der Waals surface area (Å²) in [6.45, 7) is 4.04. The molecule has 5 nitrogen and oxygen atoms in total. The summed E-state index contributed by atoms with van der Waals surface area (Å²) in [6, 6.07) is 0. The van der Waals surface area contributed by atoms with Gasteiger partial charge in [-0.2, -0.15) is 0 Å². The average molecular weight is 908 g/mol. The van der Waals surface area contributed by atoms with Crippen LogP contribution in [0, 0.1) is 0 Å². The van der Waals surface area contributed by atoms with E-state index in [1.165, 1.54) is 173 Å². The van der Waals surface area contributed by atoms with Gasteiger partial charge in [0.1, 0.15) is 6.61 Å². The van der Waals surface area contributed by atoms with Crippen molar-refractivity contribution in [2.45, 2.75) is 283 Å². The van der Waals surface area contributed by atoms with Crippen molar-refractivity contribution in [2.24, 2.45) is 0 Å². The summed E-state index contributed by atoms with van der Waals surface area (Å²) in [5, 5.41) is 9.63. The second kappa shape index (κ2) is 55.7. The molecular formula is C60H106O5. The second-order valence-electron chi connectivity index (χ2n) is 18.6. The zero-order valence-electron chi connectivity index (χ0n) is 43.0. The summed E-state index contributed by atoms with van der Waals surface area (Å²) < 4.78 is 10.7. The Morgan fingerprint density at radius 3 is 1.02 bits per heavy atom. The molecule has 0 aliphatic carbocycles. The van der Waals surface area contributed by atoms with Gasteiger partial charge in [0.15, 0.2) is 6.10 Å². The second-order valence-corrected chi connectivity index (χ2v) is 18.6. The highest BCUT2D eigenvalue weighted by molar-refractivity contribution is 5.70. The van der Waals surface area contributed by atoms with E-state index in [4.69, 9.17) is 9.47 Å². The largest absolute Gasteiger partial charge is 0.462 e. The topological polar surface area (TPSA) is 72.8 Å². The van der Waals surface area contributed by atoms with Gasteiger partial charge >= 0.3 is 11.9 Å². The van der Waals surface area contributed by atoms with Crippen molar-refractivity contribution in [2.75, 3.05) is 13.2 Å². The van der Waals surface area contributed by atoms with Crippen LogP contribution in [-0.4, -0.2) is 36.4 Å². The molecule has 376 valence electrons. The van der Waals surface area contributed by atoms with Crippen molar-refractivity contribution >= 4 is 11.9 Å². The molecule has 0 saturated heterocycles. The van der Waals surface area contributed by atoms with Crippen LogP contribution < -0.4 is 0 Å². The average Bonchev–Trinajstić information content (AvgIpc) is 3.31. The molecule has 0 aliphatic rings. The van der Waals surface area contributed by atoms with Gasteiger partial charge in [-0.1, -0.05) is 254 Å². The minimum atomic E-state index is -0.775. The van der Waals surface area contributed by atoms with Crippen LogP contribution in [0.1, 0.15) is 277 Å². The fourth-order valence-electron chi connectivity index (χ4n) is 8.05. The smallest absolute Gasteiger partial charge is 0.306 e. The number of rotatable bonds is 51. The molecule has 0 heterocycles. The summed E-state index contributed by atoms with van der Waals surface area (Å²) in [4.78, 5) is 24.5. The van der Waals surface area contributed by atoms with Crippen molar-refractivity contribution in [1.82, 2.24) is 0 Å². The SMILES string of the molecule is CC/C=C\C/C=C\C/C=C\C/C=C\C/C=C\CCCCCCCCCCCCCCCCCCCCCC(=O)OC(CO)COC(=O)CCCCCCC/C=C\CCCCCCCCC. The summed E-state index contributed by atoms with van der Waals surface area (Å²) >= 11 is 0. The first-order valence-corrected chi connectivity index (χ1v) is 28.0. The zero-order valence-corrected chi connectivity index (χ0v) is 43.0. The van der Waals surface area contributed by atoms with E-state index in [0.717, 1.165) is 77.0 Å². The molecule has 0 radical (unpaired) electrons. The zero-order chi connectivity index (χ0) is 47.0. The Kier molecular flexibility index (Phi) is 53.4. The first-order valence-electron chi connectivity index (χ1n) is 28.0. The number of ether oxygens (including phenoxy) is 2. The Hall–Kier alpha value is -2.66. The van der Waals surface area contributed by atoms with E-state index in [1.54, 1.807) is 0 Å². The van der Waals surface area contributed by atoms with Crippen molar-refractivity contribution < 1.29 is 24.2 Å². The molecule has 0 saturated carbocycles. The number of esters is 2. The van der Waals surface area contributed by atoms with E-state index >= 15 is 0 Å². The third-order valence-electron chi connectivity index (χ3n) is 12.2. The van der Waals surface area contributed by atoms with Crippen LogP contribution in [0.25, 0.3) is 0 Å². The Bertz CT molecular complexity index is 1160. The summed E-state index contributed by atoms with van der Waals surface area (Å²) in [6.07, 6.45) is 75.9. The maximum absolute atomic E-state index is 12.3. The molecule has 1 unspecified atom stereocenters. The standard InChI is InChI=1S/C60H106O5/c1-3-5-7-9-11-13-15-17-19-21-22-23-24-25-26-27-28-29-30-31-32-33-34-35-36-37-38-39-41-43-45-47-49-51-53-55-60(63)65-58(56-61)57-64-59(62)54-52-50-48-46-44-42-40-20-18-16-14-12-10-8-6-4-2/h5,7,11,13,17,19-20,22-23,25-26,40,58,61H,3-4,6,8-10,12,14-16,18,21,24,27-39,41-57H2,1-2H3/b7-5-,13-11-,19-17-,23-22-,26-25-,40-20-. The number of allylic oxidation sites excluding steroid dienone is 12. The third-order valence-corrected chi connectivity index (χ3v) is 12.2. The molecule has 1 N–H and O–H groups in total. The quantitative estimate of drug-likeness (QED) is 0.0374. The number of hydrogen-bond donors (Lipinski definition) is 1. The highest BCUT2D eigenvalue weighted by Crippen LogP contribution is 2.16. The molecule has 0 aliphatic heterocycles. The lowest BCUT2D eigenvalue weighted by molar-refractivity contribution is -0.161. The monoisotopic (exact) mass is 907 g/mol. The molecule has 0 fully saturated rings. The molecule has 0 rings (SSSR count). The number of hydrogen-bond acceptors (Lipinski definition) is 5. The molecular weight excluding hydrogens is 801 g/mol. The molecule has 1 atom stereocenters. The minimum absolute atomic E-state index is 0.0685. The Morgan fingerprint density at radius 1 is 0.369 bits per heavy atom. The van der Waals surface area contributed by atoms with E-state index in [-0.39, 0.29) is 25.2 Å². The molecule has 0 amide bonds. The van der Waals surface area contributed by atoms with Gasteiger partial charge in [0.05, 0.1) is 6.61 Å². The maximum Gasteiger partial charge on any atom is 0.306 e. The van der Waals surface area contributed by atoms with Crippen LogP contribution in [-0.2, 0) is 19.1 Å². The lowest BCUT2D eigenvalue weighted by Gasteiger charge is -2.15. The Balaban J connectivity index is 3.45. The summed E-state index contributed by atoms with van der Waals surface area (Å²) in [7, 11) is 0. The van der Waals surface area contributed by atoms with E-state index in [2.05, 4.69) is 86.8 Å². The van der Waals surface area contributed by atoms with Crippen molar-refractivity contribution in [1.29, 1.82) is 0 Å². The van der Waals surface area contributed by atoms with Crippen LogP contribution in [0.2, 0.25) is 0 Å². The van der Waals surface area contributed by atoms with Crippen LogP contribution in [0.5, 0.6) is 0 Å². The summed E-state index contributed by atoms with van der Waals surface area (Å²) in [5.41, 5.74) is 0. The van der Waals surface area contributed by atoms with Crippen LogP contribution in [0.4, 0.5) is 0 Å². The van der Waals surface area contributed by atoms with Crippen molar-refractivity contribution in [3.63, 3.8) is 0 Å². The highest BCUT2D eigenvalue weighted by Gasteiger charge is 2.16. The fraction of sp³-hybridized carbons (Fsp3) is 0.767. The number of aliphatic hydroxyl groups excluding tert-OH is 1. The van der Waals surface area contributed by atoms with E-state index < -0.39 is 6.10 Å². The lowest BCUT2D eigenvalue weighted by Crippen LogP contribution is -2.28. The van der Waals surface area contributed by atoms with Crippen LogP contribution >= 0.6 is 0 Å². The number of aliphatic hydroxyl groups is 1. The molecule has 65 heavy (non-hydrogen) atoms. The fourth-order valence-corrected chi connectivity index (χ4v) is 8.05. The van der Waals surface area contributed by atoms with Gasteiger partial charge < -0.3 is 14.6 Å². The highest BCUT2D eigenvalue weighted by atomic mass is 16.6. The minimum Gasteiger partial charge on any atom is -0.462 e. The third kappa shape index (κ3) is 53.8. The number of carbonyl (C=O) groups excluding carboxylic acids is 2. The van der Waals surface area contributed by atoms with Crippen molar-refractivity contribution in [3.05, 3.63) is 72.9 Å². The number of carbonyl (C=O) groups is 2. The Morgan fingerprint density at radius 2 is 0.662 bits per heavy atom. The van der Waals surface area contributed by atoms with Gasteiger partial charge in [-0.25, -0.2) is 0 Å². The molecule has 0 aromatic heterocycles. The molecule has 0 spiro atoms. The van der Waals surface area contributed by atoms with Crippen LogP contribution in [0.15, 0.2) is 72.9 Å². The first-order chi connectivity index (χ1) is 32.1. The maximum atomic E-state index is 12.3. The molecule has 5 heteroatoms. The van der Waals surface area contributed by atoms with E-state index in [9.17, 15) is 14.7 Å². The molecule has 0 aromatic carbocycles. The van der Waals surface area contributed by atoms with Crippen LogP contribution in [0.3, 0.4) is 0 Å². The Labute approximate surface area is 403 Å². The predicted molar refractivity (Wildman–Crippen MR) is 283 cm³/mol. The van der Waals surface area contributed by atoms with Gasteiger partial charge in [0.2, 0.25) is 0 Å². The summed E-state index contributed by atoms with van der Waals surface area (Å²) in [5.74, 6) is -0.591. The van der Waals surface area contributed by atoms with Gasteiger partial charge in [0.25, 0.3) is 0 Å². The molecule has 0 bridgehead atoms. The molecule has 0 aromatic rings. The normalized spacial score (nSPS) is 12.7. The van der Waals surface area contributed by atoms with Gasteiger partial charge in [-0.15, -0.1) is 0 Å². The van der Waals surface area contributed by atoms with Gasteiger partial charge in [-0.3, -0.25) is 9.59 Å². The lowest BCUT2D eigenvalue weighted by atomic mass is 10.0. The predicted octanol–water partition coefficient (Wildman–Crippen LogP) is 18.8. The van der Waals surface area contributed by atoms with Crippen molar-refractivity contribution in [3.8, 4) is 0 Å². The van der Waals surface area contributed by atoms with E-state index in [0.29, 0.717) is 12.8 Å². The number of unbranched alkanes of at least 4 members (excludes halogenated alkanes) is 31.